The predicted octanol–water partition coefficient (Wildman–Crippen LogP) is 3.10. The van der Waals surface area contributed by atoms with Gasteiger partial charge in [-0.15, -0.1) is 11.8 Å². The summed E-state index contributed by atoms with van der Waals surface area (Å²) in [6.45, 7) is 8.10. The van der Waals surface area contributed by atoms with E-state index in [0.717, 1.165) is 16.9 Å². The predicted molar refractivity (Wildman–Crippen MR) is 82.3 cm³/mol. The fourth-order valence-corrected chi connectivity index (χ4v) is 2.22. The van der Waals surface area contributed by atoms with Gasteiger partial charge in [0.2, 0.25) is 5.91 Å². The molecule has 3 nitrogen and oxygen atoms in total. The lowest BCUT2D eigenvalue weighted by Crippen LogP contribution is -2.43. The first-order valence-electron chi connectivity index (χ1n) is 6.63. The SMILES string of the molecule is CCC(C)(C)NC(=O)CSc1ccc(C(C)N)cc1. The number of hydrogen-bond acceptors (Lipinski definition) is 3. The second-order valence-corrected chi connectivity index (χ2v) is 6.48. The van der Waals surface area contributed by atoms with Gasteiger partial charge in [-0.3, -0.25) is 4.79 Å². The van der Waals surface area contributed by atoms with Gasteiger partial charge in [-0.1, -0.05) is 19.1 Å². The summed E-state index contributed by atoms with van der Waals surface area (Å²) >= 11 is 1.55. The Hall–Kier alpha value is -1.00. The Morgan fingerprint density at radius 3 is 2.42 bits per heavy atom. The zero-order valence-corrected chi connectivity index (χ0v) is 13.0. The summed E-state index contributed by atoms with van der Waals surface area (Å²) in [5, 5.41) is 3.03. The number of hydrogen-bond donors (Lipinski definition) is 2. The largest absolute Gasteiger partial charge is 0.351 e. The maximum Gasteiger partial charge on any atom is 0.230 e. The highest BCUT2D eigenvalue weighted by molar-refractivity contribution is 8.00. The standard InChI is InChI=1S/C15H24N2OS/c1-5-15(3,4)17-14(18)10-19-13-8-6-12(7-9-13)11(2)16/h6-9,11H,5,10,16H2,1-4H3,(H,17,18). The topological polar surface area (TPSA) is 55.1 Å². The van der Waals surface area contributed by atoms with Crippen LogP contribution in [-0.4, -0.2) is 17.2 Å². The van der Waals surface area contributed by atoms with Gasteiger partial charge in [0.05, 0.1) is 5.75 Å². The molecule has 0 saturated carbocycles. The first-order valence-corrected chi connectivity index (χ1v) is 7.62. The van der Waals surface area contributed by atoms with E-state index in [2.05, 4.69) is 12.2 Å². The molecular formula is C15H24N2OS. The van der Waals surface area contributed by atoms with Crippen molar-refractivity contribution in [2.24, 2.45) is 5.73 Å². The Labute approximate surface area is 120 Å². The van der Waals surface area contributed by atoms with Crippen LogP contribution in [-0.2, 0) is 4.79 Å². The Balaban J connectivity index is 2.46. The number of nitrogens with one attached hydrogen (secondary N) is 1. The van der Waals surface area contributed by atoms with Crippen molar-refractivity contribution in [3.8, 4) is 0 Å². The molecule has 0 bridgehead atoms. The zero-order chi connectivity index (χ0) is 14.5. The molecule has 1 amide bonds. The minimum atomic E-state index is -0.128. The van der Waals surface area contributed by atoms with Gasteiger partial charge in [0.1, 0.15) is 0 Å². The second-order valence-electron chi connectivity index (χ2n) is 5.43. The molecule has 0 aliphatic carbocycles. The van der Waals surface area contributed by atoms with Crippen molar-refractivity contribution in [1.82, 2.24) is 5.32 Å². The molecule has 106 valence electrons. The Bertz CT molecular complexity index is 413. The molecule has 0 radical (unpaired) electrons. The average molecular weight is 280 g/mol. The second kappa shape index (κ2) is 6.96. The summed E-state index contributed by atoms with van der Waals surface area (Å²) in [6.07, 6.45) is 0.923. The van der Waals surface area contributed by atoms with Crippen LogP contribution in [0, 0.1) is 0 Å². The first kappa shape index (κ1) is 16.1. The maximum absolute atomic E-state index is 11.8. The van der Waals surface area contributed by atoms with Crippen molar-refractivity contribution in [1.29, 1.82) is 0 Å². The summed E-state index contributed by atoms with van der Waals surface area (Å²) in [5.41, 5.74) is 6.78. The van der Waals surface area contributed by atoms with Crippen molar-refractivity contribution < 1.29 is 4.79 Å². The van der Waals surface area contributed by atoms with Gasteiger partial charge in [-0.25, -0.2) is 0 Å². The van der Waals surface area contributed by atoms with E-state index in [0.29, 0.717) is 5.75 Å². The van der Waals surface area contributed by atoms with Gasteiger partial charge in [0.15, 0.2) is 0 Å². The lowest BCUT2D eigenvalue weighted by atomic mass is 10.0. The molecule has 1 aromatic carbocycles. The van der Waals surface area contributed by atoms with Crippen LogP contribution in [0.5, 0.6) is 0 Å². The van der Waals surface area contributed by atoms with Gasteiger partial charge in [-0.05, 0) is 44.9 Å². The van der Waals surface area contributed by atoms with Crippen LogP contribution < -0.4 is 11.1 Å². The van der Waals surface area contributed by atoms with Crippen LogP contribution in [0.4, 0.5) is 0 Å². The summed E-state index contributed by atoms with van der Waals surface area (Å²) in [5.74, 6) is 0.522. The van der Waals surface area contributed by atoms with E-state index >= 15 is 0 Å². The van der Waals surface area contributed by atoms with Gasteiger partial charge >= 0.3 is 0 Å². The summed E-state index contributed by atoms with van der Waals surface area (Å²) in [7, 11) is 0. The van der Waals surface area contributed by atoms with Gasteiger partial charge < -0.3 is 11.1 Å². The van der Waals surface area contributed by atoms with E-state index in [1.54, 1.807) is 11.8 Å². The number of benzene rings is 1. The molecule has 1 atom stereocenters. The van der Waals surface area contributed by atoms with Gasteiger partial charge in [0.25, 0.3) is 0 Å². The van der Waals surface area contributed by atoms with Gasteiger partial charge in [-0.2, -0.15) is 0 Å². The quantitative estimate of drug-likeness (QED) is 0.787. The highest BCUT2D eigenvalue weighted by Crippen LogP contribution is 2.20. The molecular weight excluding hydrogens is 256 g/mol. The van der Waals surface area contributed by atoms with Crippen LogP contribution in [0.2, 0.25) is 0 Å². The summed E-state index contributed by atoms with van der Waals surface area (Å²) < 4.78 is 0. The van der Waals surface area contributed by atoms with Crippen molar-refractivity contribution in [2.75, 3.05) is 5.75 Å². The number of nitrogens with two attached hydrogens (primary N) is 1. The van der Waals surface area contributed by atoms with E-state index in [1.165, 1.54) is 0 Å². The van der Waals surface area contributed by atoms with Crippen LogP contribution in [0.25, 0.3) is 0 Å². The molecule has 4 heteroatoms. The molecule has 0 fully saturated rings. The molecule has 0 aromatic heterocycles. The lowest BCUT2D eigenvalue weighted by molar-refractivity contribution is -0.120. The normalized spacial score (nSPS) is 13.1. The minimum Gasteiger partial charge on any atom is -0.351 e. The molecule has 19 heavy (non-hydrogen) atoms. The smallest absolute Gasteiger partial charge is 0.230 e. The highest BCUT2D eigenvalue weighted by atomic mass is 32.2. The van der Waals surface area contributed by atoms with E-state index in [1.807, 2.05) is 45.0 Å². The minimum absolute atomic E-state index is 0.0488. The molecule has 1 aromatic rings. The van der Waals surface area contributed by atoms with Crippen molar-refractivity contribution in [2.45, 2.75) is 50.6 Å². The average Bonchev–Trinajstić information content (AvgIpc) is 2.36. The van der Waals surface area contributed by atoms with Crippen LogP contribution in [0.15, 0.2) is 29.2 Å². The molecule has 3 N–H and O–H groups in total. The Morgan fingerprint density at radius 2 is 1.95 bits per heavy atom. The molecule has 0 aliphatic heterocycles. The van der Waals surface area contributed by atoms with E-state index in [-0.39, 0.29) is 17.5 Å². The highest BCUT2D eigenvalue weighted by Gasteiger charge is 2.17. The van der Waals surface area contributed by atoms with E-state index in [4.69, 9.17) is 5.73 Å². The van der Waals surface area contributed by atoms with Crippen molar-refractivity contribution in [3.05, 3.63) is 29.8 Å². The van der Waals surface area contributed by atoms with Crippen molar-refractivity contribution in [3.63, 3.8) is 0 Å². The monoisotopic (exact) mass is 280 g/mol. The lowest BCUT2D eigenvalue weighted by Gasteiger charge is -2.24. The number of carbonyl (C=O) groups is 1. The summed E-state index contributed by atoms with van der Waals surface area (Å²) in [6, 6.07) is 8.11. The third-order valence-corrected chi connectivity index (χ3v) is 4.15. The molecule has 0 aliphatic rings. The number of amides is 1. The first-order chi connectivity index (χ1) is 8.84. The fourth-order valence-electron chi connectivity index (χ4n) is 1.52. The zero-order valence-electron chi connectivity index (χ0n) is 12.2. The maximum atomic E-state index is 11.8. The number of thioether (sulfide) groups is 1. The third-order valence-electron chi connectivity index (χ3n) is 3.14. The Kier molecular flexibility index (Phi) is 5.88. The number of carbonyl (C=O) groups excluding carboxylic acids is 1. The van der Waals surface area contributed by atoms with Gasteiger partial charge in [0, 0.05) is 16.5 Å². The molecule has 0 heterocycles. The molecule has 1 rings (SSSR count). The van der Waals surface area contributed by atoms with E-state index in [9.17, 15) is 4.79 Å². The van der Waals surface area contributed by atoms with Crippen LogP contribution >= 0.6 is 11.8 Å². The van der Waals surface area contributed by atoms with Crippen LogP contribution in [0.1, 0.15) is 45.7 Å². The molecule has 0 saturated heterocycles. The molecule has 0 spiro atoms. The van der Waals surface area contributed by atoms with Crippen LogP contribution in [0.3, 0.4) is 0 Å². The van der Waals surface area contributed by atoms with Crippen molar-refractivity contribution >= 4 is 17.7 Å². The Morgan fingerprint density at radius 1 is 1.37 bits per heavy atom. The van der Waals surface area contributed by atoms with E-state index < -0.39 is 0 Å². The summed E-state index contributed by atoms with van der Waals surface area (Å²) in [4.78, 5) is 12.9. The third kappa shape index (κ3) is 5.66. The number of rotatable bonds is 6. The molecule has 1 unspecified atom stereocenters. The fraction of sp³-hybridized carbons (Fsp3) is 0.533.